The van der Waals surface area contributed by atoms with Crippen LogP contribution in [-0.4, -0.2) is 16.1 Å². The third-order valence-electron chi connectivity index (χ3n) is 0. The number of hydrogen-bond acceptors (Lipinski definition) is 2. The maximum absolute atomic E-state index is 7.35. The van der Waals surface area contributed by atoms with E-state index in [2.05, 4.69) is 5.73 Å². The van der Waals surface area contributed by atoms with E-state index in [0.717, 1.165) is 0 Å². The Labute approximate surface area is 57.2 Å². The second-order valence-corrected chi connectivity index (χ2v) is 2.41. The zero-order valence-corrected chi connectivity index (χ0v) is 5.71. The lowest BCUT2D eigenvalue weighted by molar-refractivity contribution is 0.307. The van der Waals surface area contributed by atoms with Crippen LogP contribution in [0, 0.1) is 0 Å². The van der Waals surface area contributed by atoms with Crippen molar-refractivity contribution < 1.29 is 5.11 Å². The van der Waals surface area contributed by atoms with Crippen LogP contribution in [0.25, 0.3) is 0 Å². The first-order valence-electron chi connectivity index (χ1n) is 1.38. The number of hydrogen-bond donors (Lipinski definition) is 2. The van der Waals surface area contributed by atoms with E-state index in [4.69, 9.17) is 39.9 Å². The van der Waals surface area contributed by atoms with E-state index in [1.165, 1.54) is 0 Å². The van der Waals surface area contributed by atoms with Gasteiger partial charge in [-0.3, -0.25) is 0 Å². The number of aliphatic hydroxyl groups is 1. The molecule has 0 atom stereocenters. The maximum Gasteiger partial charge on any atom is 0.180 e. The third kappa shape index (κ3) is 250. The Morgan fingerprint density at radius 2 is 1.43 bits per heavy atom. The third-order valence-corrected chi connectivity index (χ3v) is 0. The monoisotopic (exact) mass is 165 g/mol. The van der Waals surface area contributed by atoms with Crippen LogP contribution in [0.4, 0.5) is 0 Å². The molecule has 2 nitrogen and oxygen atoms in total. The Bertz CT molecular complexity index is 24.1. The second kappa shape index (κ2) is 9.92. The van der Waals surface area contributed by atoms with Gasteiger partial charge in [0.15, 0.2) is 4.30 Å². The SMILES string of the molecule is ClC(Cl)Cl.NCO. The summed E-state index contributed by atoms with van der Waals surface area (Å²) in [5.41, 5.74) is 4.40. The minimum atomic E-state index is -0.750. The molecule has 0 saturated carbocycles. The number of aliphatic hydroxyl groups excluding tert-OH is 1. The highest BCUT2D eigenvalue weighted by Gasteiger charge is 1.78. The van der Waals surface area contributed by atoms with Gasteiger partial charge in [-0.2, -0.15) is 0 Å². The van der Waals surface area contributed by atoms with Crippen molar-refractivity contribution in [1.82, 2.24) is 0 Å². The van der Waals surface area contributed by atoms with Crippen molar-refractivity contribution in [3.05, 3.63) is 0 Å². The van der Waals surface area contributed by atoms with Gasteiger partial charge in [-0.25, -0.2) is 0 Å². The molecule has 0 aromatic carbocycles. The lowest BCUT2D eigenvalue weighted by atomic mass is 11.4. The molecule has 0 saturated heterocycles. The van der Waals surface area contributed by atoms with Gasteiger partial charge in [0.05, 0.1) is 6.73 Å². The average molecular weight is 166 g/mol. The molecule has 0 aliphatic heterocycles. The summed E-state index contributed by atoms with van der Waals surface area (Å²) in [7, 11) is 0. The molecule has 0 radical (unpaired) electrons. The van der Waals surface area contributed by atoms with E-state index in [0.29, 0.717) is 0 Å². The summed E-state index contributed by atoms with van der Waals surface area (Å²) in [5.74, 6) is 0. The van der Waals surface area contributed by atoms with E-state index < -0.39 is 4.30 Å². The molecular formula is C2H6Cl3NO. The molecule has 0 aromatic heterocycles. The minimum Gasteiger partial charge on any atom is -0.382 e. The van der Waals surface area contributed by atoms with Gasteiger partial charge in [0.25, 0.3) is 0 Å². The second-order valence-electron chi connectivity index (χ2n) is 0.430. The van der Waals surface area contributed by atoms with E-state index in [9.17, 15) is 0 Å². The zero-order valence-electron chi connectivity index (χ0n) is 3.44. The van der Waals surface area contributed by atoms with Crippen molar-refractivity contribution in [2.45, 2.75) is 4.30 Å². The predicted octanol–water partition coefficient (Wildman–Crippen LogP) is 0.881. The lowest BCUT2D eigenvalue weighted by Crippen LogP contribution is -1.92. The molecular weight excluding hydrogens is 160 g/mol. The molecule has 7 heavy (non-hydrogen) atoms. The standard InChI is InChI=1S/CHCl3.CH5NO/c2-1(3)4;2-1-3/h1H;3H,1-2H2. The smallest absolute Gasteiger partial charge is 0.180 e. The van der Waals surface area contributed by atoms with Crippen molar-refractivity contribution in [2.24, 2.45) is 5.73 Å². The van der Waals surface area contributed by atoms with Crippen LogP contribution >= 0.6 is 34.8 Å². The zero-order chi connectivity index (χ0) is 6.28. The predicted molar refractivity (Wildman–Crippen MR) is 32.6 cm³/mol. The van der Waals surface area contributed by atoms with Crippen LogP contribution in [0.3, 0.4) is 0 Å². The maximum atomic E-state index is 7.35. The highest BCUT2D eigenvalue weighted by molar-refractivity contribution is 6.63. The molecule has 0 unspecified atom stereocenters. The fraction of sp³-hybridized carbons (Fsp3) is 1.00. The Morgan fingerprint density at radius 1 is 1.43 bits per heavy atom. The average Bonchev–Trinajstić information content (AvgIpc) is 1.33. The van der Waals surface area contributed by atoms with Crippen molar-refractivity contribution in [1.29, 1.82) is 0 Å². The number of rotatable bonds is 0. The Morgan fingerprint density at radius 3 is 1.43 bits per heavy atom. The van der Waals surface area contributed by atoms with Gasteiger partial charge < -0.3 is 10.8 Å². The van der Waals surface area contributed by atoms with Crippen molar-refractivity contribution in [3.8, 4) is 0 Å². The fourth-order valence-electron chi connectivity index (χ4n) is 0. The van der Waals surface area contributed by atoms with Crippen LogP contribution in [0.15, 0.2) is 0 Å². The van der Waals surface area contributed by atoms with Gasteiger partial charge in [0.1, 0.15) is 0 Å². The van der Waals surface area contributed by atoms with Crippen LogP contribution < -0.4 is 5.73 Å². The first-order chi connectivity index (χ1) is 3.15. The van der Waals surface area contributed by atoms with Crippen LogP contribution in [-0.2, 0) is 0 Å². The van der Waals surface area contributed by atoms with Crippen LogP contribution in [0.2, 0.25) is 0 Å². The quantitative estimate of drug-likeness (QED) is 0.415. The first-order valence-corrected chi connectivity index (χ1v) is 2.69. The van der Waals surface area contributed by atoms with E-state index in [1.54, 1.807) is 0 Å². The summed E-state index contributed by atoms with van der Waals surface area (Å²) in [6, 6.07) is 0. The highest BCUT2D eigenvalue weighted by atomic mass is 35.6. The highest BCUT2D eigenvalue weighted by Crippen LogP contribution is 2.03. The number of halogens is 3. The molecule has 3 N–H and O–H groups in total. The first kappa shape index (κ1) is 10.7. The van der Waals surface area contributed by atoms with Gasteiger partial charge in [0, 0.05) is 0 Å². The molecule has 0 bridgehead atoms. The summed E-state index contributed by atoms with van der Waals surface area (Å²) < 4.78 is -0.750. The van der Waals surface area contributed by atoms with E-state index in [1.807, 2.05) is 0 Å². The summed E-state index contributed by atoms with van der Waals surface area (Å²) >= 11 is 14.4. The molecule has 0 rings (SSSR count). The van der Waals surface area contributed by atoms with Crippen LogP contribution in [0.1, 0.15) is 0 Å². The summed E-state index contributed by atoms with van der Waals surface area (Å²) in [5, 5.41) is 7.35. The van der Waals surface area contributed by atoms with Crippen LogP contribution in [0.5, 0.6) is 0 Å². The van der Waals surface area contributed by atoms with E-state index >= 15 is 0 Å². The molecule has 5 heteroatoms. The van der Waals surface area contributed by atoms with Gasteiger partial charge >= 0.3 is 0 Å². The van der Waals surface area contributed by atoms with Gasteiger partial charge in [0.2, 0.25) is 0 Å². The summed E-state index contributed by atoms with van der Waals surface area (Å²) in [6.07, 6.45) is 0. The van der Waals surface area contributed by atoms with E-state index in [-0.39, 0.29) is 6.73 Å². The van der Waals surface area contributed by atoms with Crippen molar-refractivity contribution >= 4 is 34.8 Å². The largest absolute Gasteiger partial charge is 0.382 e. The summed E-state index contributed by atoms with van der Waals surface area (Å²) in [6.45, 7) is -0.250. The molecule has 46 valence electrons. The summed E-state index contributed by atoms with van der Waals surface area (Å²) in [4.78, 5) is 0. The molecule has 0 heterocycles. The molecule has 0 fully saturated rings. The number of alkyl halides is 3. The Hall–Kier alpha value is 0.790. The van der Waals surface area contributed by atoms with Gasteiger partial charge in [-0.05, 0) is 0 Å². The molecule has 0 amide bonds. The Balaban J connectivity index is 0. The minimum absolute atomic E-state index is 0.250. The van der Waals surface area contributed by atoms with Crippen molar-refractivity contribution in [3.63, 3.8) is 0 Å². The molecule has 0 spiro atoms. The molecule has 0 aromatic rings. The number of nitrogens with two attached hydrogens (primary N) is 1. The fourth-order valence-corrected chi connectivity index (χ4v) is 0. The Kier molecular flexibility index (Phi) is 15.2. The lowest BCUT2D eigenvalue weighted by Gasteiger charge is -1.69. The van der Waals surface area contributed by atoms with Gasteiger partial charge in [-0.15, -0.1) is 0 Å². The molecule has 0 aliphatic rings. The molecule has 0 aliphatic carbocycles. The topological polar surface area (TPSA) is 46.2 Å². The van der Waals surface area contributed by atoms with Gasteiger partial charge in [-0.1, -0.05) is 34.8 Å². The van der Waals surface area contributed by atoms with Crippen molar-refractivity contribution in [2.75, 3.05) is 6.73 Å². The normalized spacial score (nSPS) is 7.71.